The first kappa shape index (κ1) is 11.9. The van der Waals surface area contributed by atoms with Crippen LogP contribution in [-0.4, -0.2) is 45.4 Å². The van der Waals surface area contributed by atoms with Crippen molar-refractivity contribution in [2.75, 3.05) is 32.7 Å². The Balaban J connectivity index is 1.56. The maximum Gasteiger partial charge on any atom is 0.279 e. The molecule has 0 spiro atoms. The van der Waals surface area contributed by atoms with Crippen LogP contribution in [-0.2, 0) is 10.2 Å². The van der Waals surface area contributed by atoms with Crippen LogP contribution in [0.15, 0.2) is 0 Å². The lowest BCUT2D eigenvalue weighted by Gasteiger charge is -2.27. The average Bonchev–Trinajstić information content (AvgIpc) is 3.19. The molecule has 1 heterocycles. The van der Waals surface area contributed by atoms with Crippen LogP contribution in [0.2, 0.25) is 0 Å². The van der Waals surface area contributed by atoms with E-state index in [-0.39, 0.29) is 0 Å². The number of nitrogens with zero attached hydrogens (tertiary/aromatic N) is 1. The van der Waals surface area contributed by atoms with E-state index in [1.165, 1.54) is 25.7 Å². The molecule has 0 radical (unpaired) electrons. The zero-order valence-electron chi connectivity index (χ0n) is 10.1. The van der Waals surface area contributed by atoms with Crippen LogP contribution in [0.3, 0.4) is 0 Å². The summed E-state index contributed by atoms with van der Waals surface area (Å²) < 4.78 is 28.6. The Labute approximate surface area is 103 Å². The van der Waals surface area contributed by atoms with Crippen molar-refractivity contribution in [1.82, 2.24) is 14.3 Å². The second-order valence-electron chi connectivity index (χ2n) is 5.61. The molecule has 3 rings (SSSR count). The van der Waals surface area contributed by atoms with Gasteiger partial charge in [-0.05, 0) is 37.0 Å². The smallest absolute Gasteiger partial charge is 0.279 e. The molecule has 0 aromatic heterocycles. The summed E-state index contributed by atoms with van der Waals surface area (Å²) in [5, 5.41) is 3.17. The second kappa shape index (κ2) is 4.19. The number of piperazine rings is 1. The number of hydrogen-bond donors (Lipinski definition) is 2. The summed E-state index contributed by atoms with van der Waals surface area (Å²) >= 11 is 0. The Hall–Kier alpha value is -0.170. The highest BCUT2D eigenvalue weighted by Gasteiger charge is 2.53. The van der Waals surface area contributed by atoms with Crippen molar-refractivity contribution in [3.05, 3.63) is 0 Å². The molecule has 0 aromatic rings. The van der Waals surface area contributed by atoms with Crippen molar-refractivity contribution < 1.29 is 8.42 Å². The first-order valence-electron chi connectivity index (χ1n) is 6.58. The van der Waals surface area contributed by atoms with E-state index >= 15 is 0 Å². The zero-order valence-corrected chi connectivity index (χ0v) is 10.9. The predicted molar refractivity (Wildman–Crippen MR) is 65.8 cm³/mol. The number of hydrogen-bond acceptors (Lipinski definition) is 3. The van der Waals surface area contributed by atoms with Gasteiger partial charge in [0.1, 0.15) is 0 Å². The van der Waals surface area contributed by atoms with Crippen LogP contribution in [0.1, 0.15) is 25.7 Å². The Kier molecular flexibility index (Phi) is 2.93. The highest BCUT2D eigenvalue weighted by molar-refractivity contribution is 7.87. The van der Waals surface area contributed by atoms with Gasteiger partial charge in [-0.3, -0.25) is 0 Å². The van der Waals surface area contributed by atoms with Crippen molar-refractivity contribution >= 4 is 10.2 Å². The summed E-state index contributed by atoms with van der Waals surface area (Å²) in [6.45, 7) is 3.35. The Bertz CT molecular complexity index is 382. The van der Waals surface area contributed by atoms with Crippen molar-refractivity contribution in [3.63, 3.8) is 0 Å². The second-order valence-corrected chi connectivity index (χ2v) is 7.37. The van der Waals surface area contributed by atoms with E-state index in [0.717, 1.165) is 19.0 Å². The maximum atomic E-state index is 12.1. The molecule has 98 valence electrons. The van der Waals surface area contributed by atoms with Crippen LogP contribution in [0.4, 0.5) is 0 Å². The van der Waals surface area contributed by atoms with Gasteiger partial charge in [0.25, 0.3) is 10.2 Å². The van der Waals surface area contributed by atoms with E-state index in [0.29, 0.717) is 25.0 Å². The highest BCUT2D eigenvalue weighted by Crippen LogP contribution is 2.60. The first-order valence-corrected chi connectivity index (χ1v) is 8.02. The summed E-state index contributed by atoms with van der Waals surface area (Å²) in [6, 6.07) is 0. The molecule has 0 aromatic carbocycles. The van der Waals surface area contributed by atoms with Gasteiger partial charge in [0, 0.05) is 32.7 Å². The molecule has 3 aliphatic rings. The van der Waals surface area contributed by atoms with Crippen LogP contribution < -0.4 is 10.0 Å². The zero-order chi connectivity index (χ0) is 11.9. The monoisotopic (exact) mass is 259 g/mol. The molecular formula is C11H21N3O2S. The highest BCUT2D eigenvalue weighted by atomic mass is 32.2. The molecule has 17 heavy (non-hydrogen) atoms. The third-order valence-corrected chi connectivity index (χ3v) is 5.91. The van der Waals surface area contributed by atoms with Crippen molar-refractivity contribution in [2.24, 2.45) is 11.3 Å². The summed E-state index contributed by atoms with van der Waals surface area (Å²) in [6.07, 6.45) is 5.02. The van der Waals surface area contributed by atoms with Gasteiger partial charge < -0.3 is 5.32 Å². The molecule has 2 saturated carbocycles. The summed E-state index contributed by atoms with van der Waals surface area (Å²) in [7, 11) is -3.24. The molecule has 2 N–H and O–H groups in total. The molecule has 0 unspecified atom stereocenters. The molecule has 6 heteroatoms. The minimum atomic E-state index is -3.24. The largest absolute Gasteiger partial charge is 0.314 e. The van der Waals surface area contributed by atoms with Crippen LogP contribution >= 0.6 is 0 Å². The first-order chi connectivity index (χ1) is 8.12. The summed E-state index contributed by atoms with van der Waals surface area (Å²) in [5.41, 5.74) is 0.334. The van der Waals surface area contributed by atoms with E-state index in [1.54, 1.807) is 4.31 Å². The van der Waals surface area contributed by atoms with E-state index in [2.05, 4.69) is 10.0 Å². The van der Waals surface area contributed by atoms with Gasteiger partial charge in [-0.1, -0.05) is 0 Å². The Morgan fingerprint density at radius 2 is 1.88 bits per heavy atom. The minimum absolute atomic E-state index is 0.334. The third kappa shape index (κ3) is 2.50. The van der Waals surface area contributed by atoms with Gasteiger partial charge in [0.2, 0.25) is 0 Å². The Morgan fingerprint density at radius 3 is 2.41 bits per heavy atom. The van der Waals surface area contributed by atoms with Gasteiger partial charge in [-0.25, -0.2) is 4.72 Å². The summed E-state index contributed by atoms with van der Waals surface area (Å²) in [5.74, 6) is 0.799. The molecule has 0 atom stereocenters. The van der Waals surface area contributed by atoms with E-state index < -0.39 is 10.2 Å². The van der Waals surface area contributed by atoms with Crippen molar-refractivity contribution in [3.8, 4) is 0 Å². The van der Waals surface area contributed by atoms with E-state index in [4.69, 9.17) is 0 Å². The normalized spacial score (nSPS) is 29.2. The molecule has 0 bridgehead atoms. The van der Waals surface area contributed by atoms with E-state index in [9.17, 15) is 8.42 Å². The van der Waals surface area contributed by atoms with Gasteiger partial charge in [-0.2, -0.15) is 12.7 Å². The fraction of sp³-hybridized carbons (Fsp3) is 1.00. The Morgan fingerprint density at radius 1 is 1.24 bits per heavy atom. The van der Waals surface area contributed by atoms with Crippen LogP contribution in [0.25, 0.3) is 0 Å². The molecular weight excluding hydrogens is 238 g/mol. The molecule has 3 fully saturated rings. The van der Waals surface area contributed by atoms with Gasteiger partial charge in [-0.15, -0.1) is 0 Å². The van der Waals surface area contributed by atoms with E-state index in [1.807, 2.05) is 0 Å². The standard InChI is InChI=1S/C11H21N3O2S/c15-17(16,14-7-5-12-6-8-14)13-9-11(3-4-11)10-1-2-10/h10,12-13H,1-9H2. The lowest BCUT2D eigenvalue weighted by Crippen LogP contribution is -2.51. The molecule has 1 saturated heterocycles. The number of rotatable bonds is 5. The fourth-order valence-corrected chi connectivity index (χ4v) is 4.11. The van der Waals surface area contributed by atoms with Gasteiger partial charge >= 0.3 is 0 Å². The molecule has 1 aliphatic heterocycles. The van der Waals surface area contributed by atoms with Crippen molar-refractivity contribution in [1.29, 1.82) is 0 Å². The average molecular weight is 259 g/mol. The molecule has 5 nitrogen and oxygen atoms in total. The summed E-state index contributed by atoms with van der Waals surface area (Å²) in [4.78, 5) is 0. The number of nitrogens with one attached hydrogen (secondary N) is 2. The van der Waals surface area contributed by atoms with Gasteiger partial charge in [0.15, 0.2) is 0 Å². The third-order valence-electron chi connectivity index (χ3n) is 4.36. The van der Waals surface area contributed by atoms with Crippen LogP contribution in [0.5, 0.6) is 0 Å². The van der Waals surface area contributed by atoms with Crippen molar-refractivity contribution in [2.45, 2.75) is 25.7 Å². The molecule has 0 amide bonds. The lowest BCUT2D eigenvalue weighted by atomic mass is 10.0. The van der Waals surface area contributed by atoms with Gasteiger partial charge in [0.05, 0.1) is 0 Å². The predicted octanol–water partition coefficient (Wildman–Crippen LogP) is -0.0838. The molecule has 2 aliphatic carbocycles. The minimum Gasteiger partial charge on any atom is -0.314 e. The quantitative estimate of drug-likeness (QED) is 0.726. The fourth-order valence-electron chi connectivity index (χ4n) is 2.80. The maximum absolute atomic E-state index is 12.1. The van der Waals surface area contributed by atoms with Crippen LogP contribution in [0, 0.1) is 11.3 Å². The SMILES string of the molecule is O=S(=O)(NCC1(C2CC2)CC1)N1CCNCC1. The lowest BCUT2D eigenvalue weighted by molar-refractivity contribution is 0.347. The topological polar surface area (TPSA) is 61.4 Å².